The van der Waals surface area contributed by atoms with E-state index in [9.17, 15) is 0 Å². The molecule has 2 heteroatoms. The van der Waals surface area contributed by atoms with Gasteiger partial charge in [0.1, 0.15) is 5.76 Å². The molecule has 2 rings (SSSR count). The highest BCUT2D eigenvalue weighted by Crippen LogP contribution is 2.27. The number of rotatable bonds is 4. The van der Waals surface area contributed by atoms with Crippen LogP contribution in [0, 0.1) is 12.8 Å². The number of aryl methyl sites for hydroxylation is 1. The second-order valence-electron chi connectivity index (χ2n) is 3.58. The Balaban J connectivity index is 1.75. The SMILES string of the molecule is Cc1occc1CNCC1CC1. The van der Waals surface area contributed by atoms with Gasteiger partial charge < -0.3 is 9.73 Å². The Kier molecular flexibility index (Phi) is 2.17. The zero-order valence-corrected chi connectivity index (χ0v) is 7.47. The molecule has 1 aromatic rings. The number of nitrogens with one attached hydrogen (secondary N) is 1. The number of hydrogen-bond donors (Lipinski definition) is 1. The van der Waals surface area contributed by atoms with Crippen molar-refractivity contribution in [2.45, 2.75) is 26.3 Å². The molecule has 0 bridgehead atoms. The van der Waals surface area contributed by atoms with E-state index in [-0.39, 0.29) is 0 Å². The monoisotopic (exact) mass is 165 g/mol. The van der Waals surface area contributed by atoms with Gasteiger partial charge in [0.05, 0.1) is 6.26 Å². The Hall–Kier alpha value is -0.760. The molecule has 66 valence electrons. The first-order valence-electron chi connectivity index (χ1n) is 4.60. The highest BCUT2D eigenvalue weighted by Gasteiger charge is 2.20. The summed E-state index contributed by atoms with van der Waals surface area (Å²) >= 11 is 0. The first-order chi connectivity index (χ1) is 5.86. The second kappa shape index (κ2) is 3.31. The molecule has 0 saturated heterocycles. The maximum absolute atomic E-state index is 5.20. The molecule has 0 radical (unpaired) electrons. The van der Waals surface area contributed by atoms with Crippen LogP contribution in [0.25, 0.3) is 0 Å². The zero-order chi connectivity index (χ0) is 8.39. The Morgan fingerprint density at radius 2 is 2.42 bits per heavy atom. The Morgan fingerprint density at radius 3 is 3.00 bits per heavy atom. The van der Waals surface area contributed by atoms with Crippen LogP contribution >= 0.6 is 0 Å². The Morgan fingerprint density at radius 1 is 1.58 bits per heavy atom. The summed E-state index contributed by atoms with van der Waals surface area (Å²) in [6.07, 6.45) is 4.58. The first kappa shape index (κ1) is 7.87. The smallest absolute Gasteiger partial charge is 0.105 e. The fourth-order valence-electron chi connectivity index (χ4n) is 1.33. The molecule has 1 aliphatic rings. The summed E-state index contributed by atoms with van der Waals surface area (Å²) in [6, 6.07) is 2.04. The van der Waals surface area contributed by atoms with Gasteiger partial charge in [0.2, 0.25) is 0 Å². The van der Waals surface area contributed by atoms with Crippen molar-refractivity contribution < 1.29 is 4.42 Å². The van der Waals surface area contributed by atoms with Crippen molar-refractivity contribution in [3.8, 4) is 0 Å². The van der Waals surface area contributed by atoms with Crippen molar-refractivity contribution in [3.63, 3.8) is 0 Å². The molecule has 1 aromatic heterocycles. The van der Waals surface area contributed by atoms with Gasteiger partial charge in [0, 0.05) is 12.1 Å². The van der Waals surface area contributed by atoms with Crippen molar-refractivity contribution in [3.05, 3.63) is 23.7 Å². The maximum atomic E-state index is 5.20. The van der Waals surface area contributed by atoms with Crippen LogP contribution in [-0.4, -0.2) is 6.54 Å². The minimum Gasteiger partial charge on any atom is -0.469 e. The highest BCUT2D eigenvalue weighted by atomic mass is 16.3. The topological polar surface area (TPSA) is 25.2 Å². The minimum absolute atomic E-state index is 0.956. The fraction of sp³-hybridized carbons (Fsp3) is 0.600. The first-order valence-corrected chi connectivity index (χ1v) is 4.60. The quantitative estimate of drug-likeness (QED) is 0.739. The third-order valence-electron chi connectivity index (χ3n) is 2.41. The van der Waals surface area contributed by atoms with Crippen LogP contribution in [0.15, 0.2) is 16.7 Å². The van der Waals surface area contributed by atoms with E-state index in [0.717, 1.165) is 18.2 Å². The van der Waals surface area contributed by atoms with E-state index in [2.05, 4.69) is 5.32 Å². The van der Waals surface area contributed by atoms with Gasteiger partial charge in [-0.15, -0.1) is 0 Å². The Labute approximate surface area is 73.0 Å². The predicted molar refractivity (Wildman–Crippen MR) is 47.9 cm³/mol. The highest BCUT2D eigenvalue weighted by molar-refractivity contribution is 5.14. The fourth-order valence-corrected chi connectivity index (χ4v) is 1.33. The average molecular weight is 165 g/mol. The summed E-state index contributed by atoms with van der Waals surface area (Å²) in [5, 5.41) is 3.43. The van der Waals surface area contributed by atoms with Gasteiger partial charge >= 0.3 is 0 Å². The van der Waals surface area contributed by atoms with E-state index >= 15 is 0 Å². The molecule has 1 N–H and O–H groups in total. The van der Waals surface area contributed by atoms with Gasteiger partial charge in [-0.1, -0.05) is 0 Å². The average Bonchev–Trinajstić information content (AvgIpc) is 2.78. The molecular weight excluding hydrogens is 150 g/mol. The molecule has 2 nitrogen and oxygen atoms in total. The van der Waals surface area contributed by atoms with E-state index in [4.69, 9.17) is 4.42 Å². The molecule has 1 fully saturated rings. The van der Waals surface area contributed by atoms with Gasteiger partial charge in [-0.25, -0.2) is 0 Å². The van der Waals surface area contributed by atoms with E-state index in [1.807, 2.05) is 13.0 Å². The van der Waals surface area contributed by atoms with Crippen molar-refractivity contribution >= 4 is 0 Å². The molecule has 0 aromatic carbocycles. The van der Waals surface area contributed by atoms with Crippen LogP contribution in [0.2, 0.25) is 0 Å². The van der Waals surface area contributed by atoms with Gasteiger partial charge in [-0.3, -0.25) is 0 Å². The number of hydrogen-bond acceptors (Lipinski definition) is 2. The van der Waals surface area contributed by atoms with E-state index in [0.29, 0.717) is 0 Å². The summed E-state index contributed by atoms with van der Waals surface area (Å²) < 4.78 is 5.20. The van der Waals surface area contributed by atoms with Crippen LogP contribution in [0.5, 0.6) is 0 Å². The molecule has 0 unspecified atom stereocenters. The Bertz CT molecular complexity index is 250. The maximum Gasteiger partial charge on any atom is 0.105 e. The standard InChI is InChI=1S/C10H15NO/c1-8-10(4-5-12-8)7-11-6-9-2-3-9/h4-5,9,11H,2-3,6-7H2,1H3. The summed E-state index contributed by atoms with van der Waals surface area (Å²) in [4.78, 5) is 0. The molecule has 0 atom stereocenters. The molecule has 0 aliphatic heterocycles. The van der Waals surface area contributed by atoms with E-state index < -0.39 is 0 Å². The molecule has 1 saturated carbocycles. The van der Waals surface area contributed by atoms with Crippen molar-refractivity contribution in [1.82, 2.24) is 5.32 Å². The number of furan rings is 1. The second-order valence-corrected chi connectivity index (χ2v) is 3.58. The lowest BCUT2D eigenvalue weighted by molar-refractivity contribution is 0.525. The largest absolute Gasteiger partial charge is 0.469 e. The third kappa shape index (κ3) is 1.89. The summed E-state index contributed by atoms with van der Waals surface area (Å²) in [7, 11) is 0. The molecule has 0 spiro atoms. The van der Waals surface area contributed by atoms with Crippen LogP contribution in [0.3, 0.4) is 0 Å². The van der Waals surface area contributed by atoms with Gasteiger partial charge in [-0.05, 0) is 38.3 Å². The van der Waals surface area contributed by atoms with E-state index in [1.54, 1.807) is 6.26 Å². The molecule has 1 heterocycles. The van der Waals surface area contributed by atoms with Crippen LogP contribution < -0.4 is 5.32 Å². The van der Waals surface area contributed by atoms with Crippen molar-refractivity contribution in [2.24, 2.45) is 5.92 Å². The lowest BCUT2D eigenvalue weighted by Gasteiger charge is -2.01. The summed E-state index contributed by atoms with van der Waals surface area (Å²) in [5.74, 6) is 2.00. The normalized spacial score (nSPS) is 16.8. The minimum atomic E-state index is 0.956. The molecule has 12 heavy (non-hydrogen) atoms. The van der Waals surface area contributed by atoms with Gasteiger partial charge in [-0.2, -0.15) is 0 Å². The zero-order valence-electron chi connectivity index (χ0n) is 7.47. The van der Waals surface area contributed by atoms with Gasteiger partial charge in [0.15, 0.2) is 0 Å². The third-order valence-corrected chi connectivity index (χ3v) is 2.41. The molecule has 0 amide bonds. The van der Waals surface area contributed by atoms with Crippen molar-refractivity contribution in [1.29, 1.82) is 0 Å². The lowest BCUT2D eigenvalue weighted by Crippen LogP contribution is -2.16. The molecular formula is C10H15NO. The van der Waals surface area contributed by atoms with Gasteiger partial charge in [0.25, 0.3) is 0 Å². The van der Waals surface area contributed by atoms with Crippen LogP contribution in [0.1, 0.15) is 24.2 Å². The lowest BCUT2D eigenvalue weighted by atomic mass is 10.2. The van der Waals surface area contributed by atoms with Crippen LogP contribution in [-0.2, 0) is 6.54 Å². The predicted octanol–water partition coefficient (Wildman–Crippen LogP) is 2.09. The summed E-state index contributed by atoms with van der Waals surface area (Å²) in [5.41, 5.74) is 1.29. The van der Waals surface area contributed by atoms with E-state index in [1.165, 1.54) is 24.9 Å². The van der Waals surface area contributed by atoms with Crippen LogP contribution in [0.4, 0.5) is 0 Å². The molecule has 1 aliphatic carbocycles. The summed E-state index contributed by atoms with van der Waals surface area (Å²) in [6.45, 7) is 4.14. The van der Waals surface area contributed by atoms with Crippen molar-refractivity contribution in [2.75, 3.05) is 6.54 Å².